The molecule has 31 nitrogen and oxygen atoms in total. The number of rotatable bonds is 22. The molecule has 0 bridgehead atoms. The SMILES string of the molecule is CC(=O)N[C@H]1[C@H](O[C@@H]([C@H](O)[C@H](CO)NC(C)=O)[C@H](O)CO)O[C@H](CO)[C@@H](O[C@@H]2O[C@H](CO)[C@@H](O[C@@H]3O[C@H](CO)[C@@H](O[C@@H]4O[C@H](CO)[C@@H](O)[C@H](O)[C@H]4NC(C)=O)[C@H](O)[C@H]3NC(C)=O)[C@H](O)[C@H]2NC(C)=O)[C@@H]1O. The van der Waals surface area contributed by atoms with Crippen LogP contribution in [0.15, 0.2) is 0 Å². The monoisotopic (exact) mass is 1040 g/mol. The molecule has 71 heavy (non-hydrogen) atoms. The first-order valence-corrected chi connectivity index (χ1v) is 22.5. The Morgan fingerprint density at radius 1 is 0.451 bits per heavy atom. The van der Waals surface area contributed by atoms with Crippen LogP contribution in [0, 0.1) is 0 Å². The molecule has 4 aliphatic heterocycles. The van der Waals surface area contributed by atoms with E-state index in [4.69, 9.17) is 37.9 Å². The van der Waals surface area contributed by atoms with Crippen LogP contribution in [0.3, 0.4) is 0 Å². The van der Waals surface area contributed by atoms with Gasteiger partial charge in [-0.25, -0.2) is 0 Å². The molecule has 0 aromatic carbocycles. The lowest BCUT2D eigenvalue weighted by Gasteiger charge is -2.51. The van der Waals surface area contributed by atoms with Crippen LogP contribution in [0.5, 0.6) is 0 Å². The van der Waals surface area contributed by atoms with Crippen molar-refractivity contribution in [1.29, 1.82) is 0 Å². The van der Waals surface area contributed by atoms with Crippen LogP contribution in [0.2, 0.25) is 0 Å². The first-order chi connectivity index (χ1) is 33.5. The predicted octanol–water partition coefficient (Wildman–Crippen LogP) is -11.6. The van der Waals surface area contributed by atoms with Gasteiger partial charge in [-0.05, 0) is 0 Å². The minimum absolute atomic E-state index is 0.713. The standard InChI is InChI=1S/C40H69N5O26/c1-12(52)41-17(6-46)27(58)33(18(57)7-47)68-38-24(43-14(3)54)30(61)35(20(9-49)65-38)70-40-26(45-16(5)56)32(63)36(22(11-51)67-40)71-39-25(44-15(4)55)31(62)34(21(10-50)66-39)69-37-23(42-13(2)53)29(60)28(59)19(8-48)64-37/h17-40,46-51,57-63H,6-11H2,1-5H3,(H,41,52)(H,42,53)(H,43,54)(H,44,55)(H,45,56)/t17-,18+,19+,20+,21+,22+,23+,24+,25+,26+,27+,28+,29+,30+,31+,32+,33+,34+,35+,36+,37-,38-,39-,40-/m0/s1. The van der Waals surface area contributed by atoms with Gasteiger partial charge in [0.1, 0.15) is 116 Å². The van der Waals surface area contributed by atoms with Gasteiger partial charge in [0.05, 0.1) is 45.7 Å². The van der Waals surface area contributed by atoms with Crippen molar-refractivity contribution in [2.75, 3.05) is 39.6 Å². The minimum Gasteiger partial charge on any atom is -0.394 e. The Morgan fingerprint density at radius 3 is 1.08 bits per heavy atom. The summed E-state index contributed by atoms with van der Waals surface area (Å²) < 4.78 is 47.3. The topological polar surface area (TPSA) is 482 Å². The summed E-state index contributed by atoms with van der Waals surface area (Å²) in [5.41, 5.74) is 0. The number of hydrogen-bond donors (Lipinski definition) is 18. The Kier molecular flexibility index (Phi) is 23.0. The van der Waals surface area contributed by atoms with E-state index in [1.165, 1.54) is 0 Å². The second-order valence-corrected chi connectivity index (χ2v) is 17.4. The maximum absolute atomic E-state index is 12.6. The van der Waals surface area contributed by atoms with Crippen molar-refractivity contribution in [1.82, 2.24) is 26.6 Å². The molecular weight excluding hydrogens is 966 g/mol. The molecule has 31 heteroatoms. The Morgan fingerprint density at radius 2 is 0.775 bits per heavy atom. The zero-order chi connectivity index (χ0) is 53.2. The first kappa shape index (κ1) is 60.1. The van der Waals surface area contributed by atoms with Gasteiger partial charge in [0.2, 0.25) is 29.5 Å². The normalized spacial score (nSPS) is 39.2. The first-order valence-electron chi connectivity index (χ1n) is 22.5. The molecule has 0 aliphatic carbocycles. The van der Waals surface area contributed by atoms with Crippen LogP contribution < -0.4 is 26.6 Å². The van der Waals surface area contributed by atoms with Gasteiger partial charge in [0, 0.05) is 34.6 Å². The average Bonchev–Trinajstić information content (AvgIpc) is 3.31. The van der Waals surface area contributed by atoms with Crippen LogP contribution in [-0.2, 0) is 61.9 Å². The predicted molar refractivity (Wildman–Crippen MR) is 227 cm³/mol. The van der Waals surface area contributed by atoms with Gasteiger partial charge >= 0.3 is 0 Å². The fourth-order valence-corrected chi connectivity index (χ4v) is 8.66. The van der Waals surface area contributed by atoms with Gasteiger partial charge in [-0.15, -0.1) is 0 Å². The Labute approximate surface area is 405 Å². The van der Waals surface area contributed by atoms with Gasteiger partial charge in [0.25, 0.3) is 0 Å². The lowest BCUT2D eigenvalue weighted by atomic mass is 9.93. The Bertz CT molecular complexity index is 1740. The van der Waals surface area contributed by atoms with E-state index in [-0.39, 0.29) is 0 Å². The highest BCUT2D eigenvalue weighted by atomic mass is 16.8. The van der Waals surface area contributed by atoms with Crippen LogP contribution in [0.1, 0.15) is 34.6 Å². The number of aliphatic hydroxyl groups excluding tert-OH is 13. The minimum atomic E-state index is -2.02. The zero-order valence-corrected chi connectivity index (χ0v) is 39.2. The number of carbonyl (C=O) groups excluding carboxylic acids is 5. The lowest BCUT2D eigenvalue weighted by molar-refractivity contribution is -0.364. The molecule has 4 aliphatic rings. The van der Waals surface area contributed by atoms with Crippen LogP contribution in [0.4, 0.5) is 0 Å². The molecule has 0 spiro atoms. The molecule has 0 aromatic heterocycles. The van der Waals surface area contributed by atoms with E-state index in [1.807, 2.05) is 0 Å². The van der Waals surface area contributed by atoms with Gasteiger partial charge in [0.15, 0.2) is 25.2 Å². The van der Waals surface area contributed by atoms with E-state index in [2.05, 4.69) is 26.6 Å². The average molecular weight is 1040 g/mol. The molecule has 24 atom stereocenters. The van der Waals surface area contributed by atoms with Crippen molar-refractivity contribution in [3.05, 3.63) is 0 Å². The summed E-state index contributed by atoms with van der Waals surface area (Å²) in [5.74, 6) is -3.87. The largest absolute Gasteiger partial charge is 0.394 e. The van der Waals surface area contributed by atoms with Crippen molar-refractivity contribution in [3.8, 4) is 0 Å². The maximum Gasteiger partial charge on any atom is 0.217 e. The third-order valence-electron chi connectivity index (χ3n) is 12.0. The van der Waals surface area contributed by atoms with E-state index in [9.17, 15) is 90.4 Å². The van der Waals surface area contributed by atoms with E-state index < -0.39 is 216 Å². The van der Waals surface area contributed by atoms with Crippen molar-refractivity contribution in [2.24, 2.45) is 0 Å². The number of hydrogen-bond acceptors (Lipinski definition) is 26. The summed E-state index contributed by atoms with van der Waals surface area (Å²) in [6.07, 6.45) is -34.6. The molecule has 5 amide bonds. The Hall–Kier alpha value is -3.49. The number of carbonyl (C=O) groups is 5. The van der Waals surface area contributed by atoms with Crippen molar-refractivity contribution in [3.63, 3.8) is 0 Å². The summed E-state index contributed by atoms with van der Waals surface area (Å²) >= 11 is 0. The molecular formula is C40H69N5O26. The van der Waals surface area contributed by atoms with Gasteiger partial charge in [-0.3, -0.25) is 24.0 Å². The molecule has 4 fully saturated rings. The summed E-state index contributed by atoms with van der Waals surface area (Å²) in [6, 6.07) is -8.17. The molecule has 18 N–H and O–H groups in total. The van der Waals surface area contributed by atoms with E-state index in [0.717, 1.165) is 34.6 Å². The molecule has 0 aromatic rings. The van der Waals surface area contributed by atoms with Crippen LogP contribution in [-0.4, -0.2) is 282 Å². The van der Waals surface area contributed by atoms with E-state index >= 15 is 0 Å². The molecule has 0 unspecified atom stereocenters. The van der Waals surface area contributed by atoms with Crippen molar-refractivity contribution in [2.45, 2.75) is 182 Å². The highest BCUT2D eigenvalue weighted by Gasteiger charge is 2.57. The number of amides is 5. The fourth-order valence-electron chi connectivity index (χ4n) is 8.66. The molecule has 410 valence electrons. The van der Waals surface area contributed by atoms with Crippen molar-refractivity contribution < 1.29 is 128 Å². The second kappa shape index (κ2) is 27.2. The Balaban J connectivity index is 1.63. The third-order valence-corrected chi connectivity index (χ3v) is 12.0. The molecule has 4 saturated heterocycles. The fraction of sp³-hybridized carbons (Fsp3) is 0.875. The number of ether oxygens (including phenoxy) is 8. The summed E-state index contributed by atoms with van der Waals surface area (Å²) in [5, 5.41) is 151. The van der Waals surface area contributed by atoms with E-state index in [1.54, 1.807) is 0 Å². The second-order valence-electron chi connectivity index (χ2n) is 17.4. The number of aliphatic hydroxyl groups is 13. The zero-order valence-electron chi connectivity index (χ0n) is 39.2. The highest BCUT2D eigenvalue weighted by Crippen LogP contribution is 2.35. The third kappa shape index (κ3) is 14.9. The molecule has 4 heterocycles. The van der Waals surface area contributed by atoms with Crippen LogP contribution >= 0.6 is 0 Å². The smallest absolute Gasteiger partial charge is 0.217 e. The molecule has 0 saturated carbocycles. The highest BCUT2D eigenvalue weighted by molar-refractivity contribution is 5.75. The number of nitrogens with one attached hydrogen (secondary N) is 5. The molecule has 4 rings (SSSR count). The summed E-state index contributed by atoms with van der Waals surface area (Å²) in [6.45, 7) is -0.570. The summed E-state index contributed by atoms with van der Waals surface area (Å²) in [4.78, 5) is 61.5. The quantitative estimate of drug-likeness (QED) is 0.0479. The summed E-state index contributed by atoms with van der Waals surface area (Å²) in [7, 11) is 0. The van der Waals surface area contributed by atoms with E-state index in [0.29, 0.717) is 0 Å². The lowest BCUT2D eigenvalue weighted by Crippen LogP contribution is -2.72. The van der Waals surface area contributed by atoms with Gasteiger partial charge in [-0.1, -0.05) is 0 Å². The van der Waals surface area contributed by atoms with Gasteiger partial charge < -0.3 is 131 Å². The van der Waals surface area contributed by atoms with Crippen molar-refractivity contribution >= 4 is 29.5 Å². The maximum atomic E-state index is 12.6. The van der Waals surface area contributed by atoms with Crippen LogP contribution in [0.25, 0.3) is 0 Å². The molecule has 0 radical (unpaired) electrons. The van der Waals surface area contributed by atoms with Gasteiger partial charge in [-0.2, -0.15) is 0 Å².